The van der Waals surface area contributed by atoms with Crippen LogP contribution in [0.2, 0.25) is 0 Å². The largest absolute Gasteiger partial charge is 0.480 e. The Morgan fingerprint density at radius 1 is 1.35 bits per heavy atom. The van der Waals surface area contributed by atoms with Crippen molar-refractivity contribution >= 4 is 17.9 Å². The third-order valence-corrected chi connectivity index (χ3v) is 1.55. The van der Waals surface area contributed by atoms with Gasteiger partial charge in [0.05, 0.1) is 6.61 Å². The zero-order valence-electron chi connectivity index (χ0n) is 8.92. The highest BCUT2D eigenvalue weighted by Crippen LogP contribution is 1.92. The normalized spacial score (nSPS) is 9.65. The lowest BCUT2D eigenvalue weighted by Gasteiger charge is -2.05. The molecular formula is C9H12N4O4. The molecule has 0 aliphatic rings. The summed E-state index contributed by atoms with van der Waals surface area (Å²) in [6.07, 6.45) is 3.00. The number of carboxylic acids is 1. The summed E-state index contributed by atoms with van der Waals surface area (Å²) in [6.45, 7) is -0.0631. The fourth-order valence-corrected chi connectivity index (χ4v) is 0.906. The van der Waals surface area contributed by atoms with E-state index in [1.807, 2.05) is 0 Å². The summed E-state index contributed by atoms with van der Waals surface area (Å²) in [6, 6.07) is 1.15. The van der Waals surface area contributed by atoms with Crippen LogP contribution in [0.3, 0.4) is 0 Å². The average Bonchev–Trinajstić information content (AvgIpc) is 2.29. The first-order valence-electron chi connectivity index (χ1n) is 4.80. The van der Waals surface area contributed by atoms with Crippen molar-refractivity contribution in [2.45, 2.75) is 0 Å². The van der Waals surface area contributed by atoms with Crippen LogP contribution >= 0.6 is 0 Å². The van der Waals surface area contributed by atoms with E-state index in [1.165, 1.54) is 12.4 Å². The molecule has 1 rings (SSSR count). The minimum atomic E-state index is -1.05. The number of ether oxygens (including phenoxy) is 1. The summed E-state index contributed by atoms with van der Waals surface area (Å²) in [7, 11) is 0. The van der Waals surface area contributed by atoms with Crippen LogP contribution in [0.4, 0.5) is 10.7 Å². The highest BCUT2D eigenvalue weighted by molar-refractivity contribution is 5.87. The van der Waals surface area contributed by atoms with Gasteiger partial charge in [0.2, 0.25) is 5.95 Å². The number of hydrogen-bond donors (Lipinski definition) is 3. The minimum absolute atomic E-state index is 0.120. The maximum absolute atomic E-state index is 11.2. The minimum Gasteiger partial charge on any atom is -0.480 e. The summed E-state index contributed by atoms with van der Waals surface area (Å²) in [5.74, 6) is -0.858. The van der Waals surface area contributed by atoms with E-state index in [2.05, 4.69) is 20.6 Å². The van der Waals surface area contributed by atoms with Gasteiger partial charge in [-0.15, -0.1) is 0 Å². The van der Waals surface area contributed by atoms with E-state index < -0.39 is 12.0 Å². The van der Waals surface area contributed by atoms with Crippen LogP contribution in [-0.2, 0) is 9.53 Å². The lowest BCUT2D eigenvalue weighted by Crippen LogP contribution is -2.32. The van der Waals surface area contributed by atoms with Crippen LogP contribution < -0.4 is 10.6 Å². The molecule has 0 fully saturated rings. The van der Waals surface area contributed by atoms with Crippen molar-refractivity contribution < 1.29 is 19.4 Å². The van der Waals surface area contributed by atoms with Crippen LogP contribution in [0.25, 0.3) is 0 Å². The van der Waals surface area contributed by atoms with Crippen LogP contribution in [0.15, 0.2) is 18.5 Å². The first-order chi connectivity index (χ1) is 8.18. The van der Waals surface area contributed by atoms with E-state index in [1.54, 1.807) is 6.07 Å². The van der Waals surface area contributed by atoms with Crippen molar-refractivity contribution in [1.82, 2.24) is 15.3 Å². The molecular weight excluding hydrogens is 228 g/mol. The summed E-state index contributed by atoms with van der Waals surface area (Å²) >= 11 is 0. The first-order valence-corrected chi connectivity index (χ1v) is 4.80. The molecule has 2 amide bonds. The monoisotopic (exact) mass is 240 g/mol. The highest BCUT2D eigenvalue weighted by atomic mass is 16.5. The number of nitrogens with zero attached hydrogens (tertiary/aromatic N) is 2. The molecule has 0 radical (unpaired) electrons. The van der Waals surface area contributed by atoms with E-state index in [4.69, 9.17) is 9.84 Å². The number of anilines is 1. The second-order valence-corrected chi connectivity index (χ2v) is 2.90. The molecule has 0 aliphatic heterocycles. The Morgan fingerprint density at radius 2 is 2.06 bits per heavy atom. The third kappa shape index (κ3) is 6.05. The molecule has 17 heavy (non-hydrogen) atoms. The Kier molecular flexibility index (Phi) is 5.38. The Morgan fingerprint density at radius 3 is 2.71 bits per heavy atom. The van der Waals surface area contributed by atoms with E-state index in [-0.39, 0.29) is 25.7 Å². The standard InChI is InChI=1S/C9H12N4O4/c14-7(15)6-17-5-4-12-9(16)13-8-10-2-1-3-11-8/h1-3H,4-6H2,(H,14,15)(H2,10,11,12,13,16). The molecule has 8 nitrogen and oxygen atoms in total. The number of carboxylic acid groups (broad SMARTS) is 1. The second-order valence-electron chi connectivity index (χ2n) is 2.90. The topological polar surface area (TPSA) is 113 Å². The van der Waals surface area contributed by atoms with Crippen LogP contribution in [0, 0.1) is 0 Å². The number of aliphatic carboxylic acids is 1. The van der Waals surface area contributed by atoms with Gasteiger partial charge in [-0.1, -0.05) is 0 Å². The molecule has 0 saturated heterocycles. The molecule has 0 aromatic carbocycles. The van der Waals surface area contributed by atoms with Crippen molar-refractivity contribution in [3.63, 3.8) is 0 Å². The van der Waals surface area contributed by atoms with Crippen molar-refractivity contribution in [3.8, 4) is 0 Å². The van der Waals surface area contributed by atoms with Gasteiger partial charge in [0.25, 0.3) is 0 Å². The van der Waals surface area contributed by atoms with E-state index in [0.29, 0.717) is 0 Å². The van der Waals surface area contributed by atoms with Crippen molar-refractivity contribution in [1.29, 1.82) is 0 Å². The van der Waals surface area contributed by atoms with Gasteiger partial charge < -0.3 is 15.2 Å². The van der Waals surface area contributed by atoms with Gasteiger partial charge in [-0.25, -0.2) is 19.6 Å². The molecule has 0 aliphatic carbocycles. The molecule has 8 heteroatoms. The number of hydrogen-bond acceptors (Lipinski definition) is 5. The lowest BCUT2D eigenvalue weighted by molar-refractivity contribution is -0.142. The predicted octanol–water partition coefficient (Wildman–Crippen LogP) is -0.301. The third-order valence-electron chi connectivity index (χ3n) is 1.55. The number of aromatic nitrogens is 2. The first kappa shape index (κ1) is 12.8. The number of amides is 2. The molecule has 92 valence electrons. The maximum atomic E-state index is 11.2. The quantitative estimate of drug-likeness (QED) is 0.588. The molecule has 0 atom stereocenters. The van der Waals surface area contributed by atoms with E-state index in [0.717, 1.165) is 0 Å². The molecule has 0 bridgehead atoms. The summed E-state index contributed by atoms with van der Waals surface area (Å²) in [4.78, 5) is 28.9. The Hall–Kier alpha value is -2.22. The Labute approximate surface area is 97.0 Å². The highest BCUT2D eigenvalue weighted by Gasteiger charge is 2.02. The van der Waals surface area contributed by atoms with Gasteiger partial charge in [-0.2, -0.15) is 0 Å². The van der Waals surface area contributed by atoms with Crippen LogP contribution in [-0.4, -0.2) is 46.8 Å². The molecule has 1 aromatic heterocycles. The lowest BCUT2D eigenvalue weighted by atomic mass is 10.6. The van der Waals surface area contributed by atoms with E-state index in [9.17, 15) is 9.59 Å². The van der Waals surface area contributed by atoms with Gasteiger partial charge >= 0.3 is 12.0 Å². The maximum Gasteiger partial charge on any atom is 0.329 e. The number of urea groups is 1. The summed E-state index contributed by atoms with van der Waals surface area (Å²) < 4.78 is 4.72. The Balaban J connectivity index is 2.12. The smallest absolute Gasteiger partial charge is 0.329 e. The summed E-state index contributed by atoms with van der Waals surface area (Å²) in [5, 5.41) is 13.1. The zero-order chi connectivity index (χ0) is 12.5. The molecule has 0 unspecified atom stereocenters. The zero-order valence-corrected chi connectivity index (χ0v) is 8.92. The molecule has 3 N–H and O–H groups in total. The fourth-order valence-electron chi connectivity index (χ4n) is 0.906. The van der Waals surface area contributed by atoms with E-state index >= 15 is 0 Å². The second kappa shape index (κ2) is 7.12. The summed E-state index contributed by atoms with van der Waals surface area (Å²) in [5.41, 5.74) is 0. The van der Waals surface area contributed by atoms with Gasteiger partial charge in [0.15, 0.2) is 0 Å². The number of carbonyl (C=O) groups is 2. The Bertz CT molecular complexity index is 371. The predicted molar refractivity (Wildman–Crippen MR) is 57.5 cm³/mol. The molecule has 1 aromatic rings. The average molecular weight is 240 g/mol. The number of carbonyl (C=O) groups excluding carboxylic acids is 1. The molecule has 1 heterocycles. The van der Waals surface area contributed by atoms with Crippen molar-refractivity contribution in [2.24, 2.45) is 0 Å². The van der Waals surface area contributed by atoms with Gasteiger partial charge in [0, 0.05) is 18.9 Å². The molecule has 0 saturated carbocycles. The van der Waals surface area contributed by atoms with Gasteiger partial charge in [0.1, 0.15) is 6.61 Å². The van der Waals surface area contributed by atoms with Gasteiger partial charge in [-0.05, 0) is 6.07 Å². The van der Waals surface area contributed by atoms with Crippen LogP contribution in [0.1, 0.15) is 0 Å². The van der Waals surface area contributed by atoms with Gasteiger partial charge in [-0.3, -0.25) is 5.32 Å². The fraction of sp³-hybridized carbons (Fsp3) is 0.333. The van der Waals surface area contributed by atoms with Crippen molar-refractivity contribution in [3.05, 3.63) is 18.5 Å². The molecule has 0 spiro atoms. The SMILES string of the molecule is O=C(O)COCCNC(=O)Nc1ncccn1. The number of rotatable bonds is 6. The van der Waals surface area contributed by atoms with Crippen LogP contribution in [0.5, 0.6) is 0 Å². The number of nitrogens with one attached hydrogen (secondary N) is 2. The van der Waals surface area contributed by atoms with Crippen molar-refractivity contribution in [2.75, 3.05) is 25.1 Å².